The minimum Gasteiger partial charge on any atom is -0.350 e. The molecule has 4 nitrogen and oxygen atoms in total. The first-order valence-electron chi connectivity index (χ1n) is 6.01. The van der Waals surface area contributed by atoms with Gasteiger partial charge in [-0.2, -0.15) is 15.8 Å². The van der Waals surface area contributed by atoms with Gasteiger partial charge in [0.1, 0.15) is 28.8 Å². The molecule has 2 rings (SSSR count). The van der Waals surface area contributed by atoms with E-state index in [0.717, 1.165) is 29.8 Å². The standard InChI is InChI=1S/C14H12N4S/c1-9-2-3-11-12(7-17)14(19-13(11)4-9)18-8-10(5-15)6-16/h8-9,18H,2-4H2,1H3/t9-/m1/s1. The molecule has 94 valence electrons. The Hall–Kier alpha value is -2.29. The smallest absolute Gasteiger partial charge is 0.145 e. The summed E-state index contributed by atoms with van der Waals surface area (Å²) in [6.45, 7) is 2.21. The van der Waals surface area contributed by atoms with Gasteiger partial charge in [0.15, 0.2) is 0 Å². The van der Waals surface area contributed by atoms with Crippen molar-refractivity contribution in [1.82, 2.24) is 0 Å². The predicted octanol–water partition coefficient (Wildman–Crippen LogP) is 3.09. The van der Waals surface area contributed by atoms with E-state index in [9.17, 15) is 5.26 Å². The van der Waals surface area contributed by atoms with Gasteiger partial charge in [-0.1, -0.05) is 6.92 Å². The number of thiophene rings is 1. The Kier molecular flexibility index (Phi) is 3.85. The molecule has 0 aromatic carbocycles. The maximum atomic E-state index is 9.27. The largest absolute Gasteiger partial charge is 0.350 e. The third-order valence-corrected chi connectivity index (χ3v) is 4.40. The number of anilines is 1. The summed E-state index contributed by atoms with van der Waals surface area (Å²) in [6, 6.07) is 5.81. The fraction of sp³-hybridized carbons (Fsp3) is 0.357. The molecular weight excluding hydrogens is 256 g/mol. The molecule has 0 unspecified atom stereocenters. The molecule has 1 atom stereocenters. The average Bonchev–Trinajstić information content (AvgIpc) is 2.76. The lowest BCUT2D eigenvalue weighted by molar-refractivity contribution is 0.507. The summed E-state index contributed by atoms with van der Waals surface area (Å²) in [5.41, 5.74) is 1.80. The molecule has 1 aromatic heterocycles. The van der Waals surface area contributed by atoms with Gasteiger partial charge in [0, 0.05) is 11.1 Å². The van der Waals surface area contributed by atoms with Gasteiger partial charge in [0.05, 0.1) is 5.56 Å². The van der Waals surface area contributed by atoms with Gasteiger partial charge in [-0.3, -0.25) is 0 Å². The van der Waals surface area contributed by atoms with E-state index in [0.29, 0.717) is 11.5 Å². The van der Waals surface area contributed by atoms with Crippen LogP contribution in [0.3, 0.4) is 0 Å². The second-order valence-electron chi connectivity index (χ2n) is 4.59. The minimum atomic E-state index is 0.00336. The Labute approximate surface area is 116 Å². The van der Waals surface area contributed by atoms with Crippen LogP contribution in [-0.4, -0.2) is 0 Å². The van der Waals surface area contributed by atoms with Crippen molar-refractivity contribution < 1.29 is 0 Å². The van der Waals surface area contributed by atoms with E-state index in [2.05, 4.69) is 18.3 Å². The van der Waals surface area contributed by atoms with Crippen molar-refractivity contribution in [2.45, 2.75) is 26.2 Å². The second-order valence-corrected chi connectivity index (χ2v) is 5.70. The van der Waals surface area contributed by atoms with Crippen LogP contribution in [0.2, 0.25) is 0 Å². The fourth-order valence-electron chi connectivity index (χ4n) is 2.20. The number of rotatable bonds is 2. The lowest BCUT2D eigenvalue weighted by atomic mass is 9.89. The topological polar surface area (TPSA) is 83.4 Å². The third kappa shape index (κ3) is 2.60. The van der Waals surface area contributed by atoms with Crippen molar-refractivity contribution >= 4 is 16.3 Å². The SMILES string of the molecule is C[C@@H]1CCc2c(sc(NC=C(C#N)C#N)c2C#N)C1. The highest BCUT2D eigenvalue weighted by atomic mass is 32.1. The quantitative estimate of drug-likeness (QED) is 0.835. The van der Waals surface area contributed by atoms with Gasteiger partial charge in [-0.15, -0.1) is 11.3 Å². The van der Waals surface area contributed by atoms with Gasteiger partial charge in [-0.05, 0) is 30.7 Å². The molecule has 0 aliphatic heterocycles. The molecule has 0 saturated heterocycles. The molecule has 1 aromatic rings. The molecule has 19 heavy (non-hydrogen) atoms. The molecule has 0 bridgehead atoms. The Morgan fingerprint density at radius 1 is 1.37 bits per heavy atom. The lowest BCUT2D eigenvalue weighted by Crippen LogP contribution is -2.09. The Balaban J connectivity index is 2.33. The molecule has 0 radical (unpaired) electrons. The number of allylic oxidation sites excluding steroid dienone is 1. The van der Waals surface area contributed by atoms with E-state index in [-0.39, 0.29) is 5.57 Å². The van der Waals surface area contributed by atoms with Gasteiger partial charge < -0.3 is 5.32 Å². The molecule has 0 spiro atoms. The van der Waals surface area contributed by atoms with Crippen LogP contribution in [0.5, 0.6) is 0 Å². The predicted molar refractivity (Wildman–Crippen MR) is 73.2 cm³/mol. The average molecular weight is 268 g/mol. The van der Waals surface area contributed by atoms with E-state index in [1.165, 1.54) is 11.1 Å². The maximum Gasteiger partial charge on any atom is 0.145 e. The van der Waals surface area contributed by atoms with E-state index in [4.69, 9.17) is 10.5 Å². The first kappa shape index (κ1) is 13.1. The molecule has 5 heteroatoms. The maximum absolute atomic E-state index is 9.27. The molecule has 1 heterocycles. The van der Waals surface area contributed by atoms with Crippen LogP contribution in [0, 0.1) is 39.9 Å². The summed E-state index contributed by atoms with van der Waals surface area (Å²) in [4.78, 5) is 1.25. The highest BCUT2D eigenvalue weighted by Gasteiger charge is 2.23. The highest BCUT2D eigenvalue weighted by Crippen LogP contribution is 2.39. The van der Waals surface area contributed by atoms with Crippen molar-refractivity contribution in [2.75, 3.05) is 5.32 Å². The zero-order valence-corrected chi connectivity index (χ0v) is 11.3. The summed E-state index contributed by atoms with van der Waals surface area (Å²) in [6.07, 6.45) is 4.41. The minimum absolute atomic E-state index is 0.00336. The molecule has 0 fully saturated rings. The van der Waals surface area contributed by atoms with Crippen molar-refractivity contribution in [3.63, 3.8) is 0 Å². The highest BCUT2D eigenvalue weighted by molar-refractivity contribution is 7.16. The van der Waals surface area contributed by atoms with Crippen LogP contribution in [-0.2, 0) is 12.8 Å². The normalized spacial score (nSPS) is 16.4. The van der Waals surface area contributed by atoms with Crippen molar-refractivity contribution in [1.29, 1.82) is 15.8 Å². The summed E-state index contributed by atoms with van der Waals surface area (Å²) >= 11 is 1.56. The van der Waals surface area contributed by atoms with Gasteiger partial charge in [0.2, 0.25) is 0 Å². The van der Waals surface area contributed by atoms with Crippen molar-refractivity contribution in [2.24, 2.45) is 5.92 Å². The first-order valence-corrected chi connectivity index (χ1v) is 6.82. The van der Waals surface area contributed by atoms with E-state index in [1.54, 1.807) is 23.5 Å². The van der Waals surface area contributed by atoms with Crippen LogP contribution in [0.15, 0.2) is 11.8 Å². The van der Waals surface area contributed by atoms with Crippen molar-refractivity contribution in [3.05, 3.63) is 27.8 Å². The monoisotopic (exact) mass is 268 g/mol. The molecular formula is C14H12N4S. The van der Waals surface area contributed by atoms with Crippen LogP contribution >= 0.6 is 11.3 Å². The molecule has 1 aliphatic rings. The Morgan fingerprint density at radius 3 is 2.74 bits per heavy atom. The van der Waals surface area contributed by atoms with Crippen LogP contribution in [0.25, 0.3) is 0 Å². The molecule has 1 N–H and O–H groups in total. The molecule has 0 amide bonds. The number of nitriles is 3. The second kappa shape index (κ2) is 5.57. The molecule has 0 saturated carbocycles. The zero-order valence-electron chi connectivity index (χ0n) is 10.5. The number of fused-ring (bicyclic) bond motifs is 1. The van der Waals surface area contributed by atoms with E-state index < -0.39 is 0 Å². The Bertz CT molecular complexity index is 633. The van der Waals surface area contributed by atoms with E-state index in [1.807, 2.05) is 0 Å². The third-order valence-electron chi connectivity index (χ3n) is 3.21. The first-order chi connectivity index (χ1) is 9.19. The van der Waals surface area contributed by atoms with E-state index >= 15 is 0 Å². The van der Waals surface area contributed by atoms with Crippen LogP contribution < -0.4 is 5.32 Å². The van der Waals surface area contributed by atoms with Crippen LogP contribution in [0.1, 0.15) is 29.3 Å². The number of hydrogen-bond acceptors (Lipinski definition) is 5. The number of hydrogen-bond donors (Lipinski definition) is 1. The molecule has 1 aliphatic carbocycles. The summed E-state index contributed by atoms with van der Waals surface area (Å²) < 4.78 is 0. The van der Waals surface area contributed by atoms with Gasteiger partial charge in [-0.25, -0.2) is 0 Å². The van der Waals surface area contributed by atoms with Crippen LogP contribution in [0.4, 0.5) is 5.00 Å². The van der Waals surface area contributed by atoms with Gasteiger partial charge in [0.25, 0.3) is 0 Å². The lowest BCUT2D eigenvalue weighted by Gasteiger charge is -2.17. The summed E-state index contributed by atoms with van der Waals surface area (Å²) in [5, 5.41) is 30.3. The number of nitrogens with zero attached hydrogens (tertiary/aromatic N) is 3. The Morgan fingerprint density at radius 2 is 2.11 bits per heavy atom. The summed E-state index contributed by atoms with van der Waals surface area (Å²) in [5.74, 6) is 0.648. The zero-order chi connectivity index (χ0) is 13.8. The fourth-order valence-corrected chi connectivity index (χ4v) is 3.53. The van der Waals surface area contributed by atoms with Crippen molar-refractivity contribution in [3.8, 4) is 18.2 Å². The van der Waals surface area contributed by atoms with Gasteiger partial charge >= 0.3 is 0 Å². The summed E-state index contributed by atoms with van der Waals surface area (Å²) in [7, 11) is 0. The number of nitrogens with one attached hydrogen (secondary N) is 1.